The molecule has 0 fully saturated rings. The van der Waals surface area contributed by atoms with E-state index >= 15 is 0 Å². The fourth-order valence-corrected chi connectivity index (χ4v) is 2.78. The molecule has 1 aliphatic rings. The molecule has 1 aliphatic heterocycles. The molecule has 1 N–H and O–H groups in total. The van der Waals surface area contributed by atoms with E-state index in [4.69, 9.17) is 9.47 Å². The summed E-state index contributed by atoms with van der Waals surface area (Å²) in [4.78, 5) is 14.3. The minimum atomic E-state index is -0.0586. The van der Waals surface area contributed by atoms with Crippen molar-refractivity contribution in [2.24, 2.45) is 0 Å². The van der Waals surface area contributed by atoms with E-state index in [-0.39, 0.29) is 5.91 Å². The first-order valence-electron chi connectivity index (χ1n) is 7.50. The minimum absolute atomic E-state index is 0.0586. The molecule has 1 heterocycles. The van der Waals surface area contributed by atoms with Crippen LogP contribution in [0, 0.1) is 0 Å². The lowest BCUT2D eigenvalue weighted by Gasteiger charge is -2.15. The Morgan fingerprint density at radius 3 is 2.13 bits per heavy atom. The van der Waals surface area contributed by atoms with Gasteiger partial charge in [0, 0.05) is 18.7 Å². The monoisotopic (exact) mass is 312 g/mol. The number of hydrogen-bond acceptors (Lipinski definition) is 4. The highest BCUT2D eigenvalue weighted by Crippen LogP contribution is 2.34. The van der Waals surface area contributed by atoms with E-state index in [1.54, 1.807) is 14.2 Å². The van der Waals surface area contributed by atoms with Crippen LogP contribution in [0.1, 0.15) is 21.5 Å². The molecule has 0 saturated heterocycles. The fourth-order valence-electron chi connectivity index (χ4n) is 2.78. The maximum Gasteiger partial charge on any atom is 0.252 e. The van der Waals surface area contributed by atoms with Gasteiger partial charge in [0.05, 0.1) is 20.9 Å². The lowest BCUT2D eigenvalue weighted by atomic mass is 10.1. The van der Waals surface area contributed by atoms with Crippen molar-refractivity contribution in [3.8, 4) is 11.5 Å². The summed E-state index contributed by atoms with van der Waals surface area (Å²) >= 11 is 0. The highest BCUT2D eigenvalue weighted by atomic mass is 16.5. The van der Waals surface area contributed by atoms with Crippen molar-refractivity contribution in [2.45, 2.75) is 13.1 Å². The molecule has 0 unspecified atom stereocenters. The Kier molecular flexibility index (Phi) is 4.48. The molecule has 0 radical (unpaired) electrons. The number of nitrogens with zero attached hydrogens (tertiary/aromatic N) is 1. The lowest BCUT2D eigenvalue weighted by Crippen LogP contribution is -2.34. The van der Waals surface area contributed by atoms with E-state index in [9.17, 15) is 4.79 Å². The number of hydrogen-bond donors (Lipinski definition) is 1. The number of carbonyl (C=O) groups is 1. The molecule has 2 aromatic carbocycles. The van der Waals surface area contributed by atoms with Gasteiger partial charge in [-0.05, 0) is 35.4 Å². The van der Waals surface area contributed by atoms with Gasteiger partial charge in [0.1, 0.15) is 0 Å². The highest BCUT2D eigenvalue weighted by Gasteiger charge is 2.22. The normalized spacial score (nSPS) is 13.5. The van der Waals surface area contributed by atoms with Crippen LogP contribution in [0.5, 0.6) is 11.5 Å². The van der Waals surface area contributed by atoms with Crippen molar-refractivity contribution in [1.82, 2.24) is 10.2 Å². The molecule has 120 valence electrons. The van der Waals surface area contributed by atoms with Crippen LogP contribution in [0.25, 0.3) is 0 Å². The summed E-state index contributed by atoms with van der Waals surface area (Å²) in [7, 11) is 3.27. The zero-order valence-electron chi connectivity index (χ0n) is 13.3. The summed E-state index contributed by atoms with van der Waals surface area (Å²) in [6.07, 6.45) is 0. The Morgan fingerprint density at radius 2 is 1.61 bits per heavy atom. The molecule has 0 spiro atoms. The summed E-state index contributed by atoms with van der Waals surface area (Å²) in [5.41, 5.74) is 3.08. The number of fused-ring (bicyclic) bond motifs is 1. The molecule has 2 aromatic rings. The van der Waals surface area contributed by atoms with E-state index in [0.717, 1.165) is 24.6 Å². The number of methoxy groups -OCH3 is 2. The van der Waals surface area contributed by atoms with Crippen LogP contribution in [-0.4, -0.2) is 31.7 Å². The quantitative estimate of drug-likeness (QED) is 0.921. The van der Waals surface area contributed by atoms with Gasteiger partial charge in [0.2, 0.25) is 0 Å². The van der Waals surface area contributed by atoms with Gasteiger partial charge in [-0.15, -0.1) is 0 Å². The second-order valence-corrected chi connectivity index (χ2v) is 5.49. The molecule has 0 aromatic heterocycles. The van der Waals surface area contributed by atoms with E-state index in [2.05, 4.69) is 10.2 Å². The van der Waals surface area contributed by atoms with Gasteiger partial charge in [-0.25, -0.2) is 0 Å². The summed E-state index contributed by atoms with van der Waals surface area (Å²) in [5, 5.41) is 2.96. The largest absolute Gasteiger partial charge is 0.493 e. The summed E-state index contributed by atoms with van der Waals surface area (Å²) in [6, 6.07) is 13.3. The molecular weight excluding hydrogens is 292 g/mol. The van der Waals surface area contributed by atoms with Crippen molar-refractivity contribution >= 4 is 5.91 Å². The number of benzene rings is 2. The third kappa shape index (κ3) is 3.29. The molecule has 0 saturated carbocycles. The predicted octanol–water partition coefficient (Wildman–Crippen LogP) is 2.41. The van der Waals surface area contributed by atoms with Gasteiger partial charge in [-0.1, -0.05) is 18.2 Å². The molecule has 1 amide bonds. The molecule has 5 nitrogen and oxygen atoms in total. The van der Waals surface area contributed by atoms with E-state index in [1.807, 2.05) is 42.5 Å². The van der Waals surface area contributed by atoms with E-state index in [0.29, 0.717) is 12.2 Å². The Morgan fingerprint density at radius 1 is 1.04 bits per heavy atom. The van der Waals surface area contributed by atoms with Crippen molar-refractivity contribution in [3.63, 3.8) is 0 Å². The third-order valence-electron chi connectivity index (χ3n) is 3.99. The Labute approximate surface area is 135 Å². The van der Waals surface area contributed by atoms with E-state index in [1.165, 1.54) is 11.1 Å². The van der Waals surface area contributed by atoms with Gasteiger partial charge in [-0.3, -0.25) is 9.69 Å². The predicted molar refractivity (Wildman–Crippen MR) is 87.6 cm³/mol. The van der Waals surface area contributed by atoms with Gasteiger partial charge < -0.3 is 14.8 Å². The molecule has 0 aliphatic carbocycles. The molecule has 0 bridgehead atoms. The Balaban J connectivity index is 1.63. The van der Waals surface area contributed by atoms with Crippen LogP contribution >= 0.6 is 0 Å². The maximum atomic E-state index is 12.1. The lowest BCUT2D eigenvalue weighted by molar-refractivity contribution is 0.0921. The number of rotatable bonds is 5. The van der Waals surface area contributed by atoms with Crippen molar-refractivity contribution in [1.29, 1.82) is 0 Å². The smallest absolute Gasteiger partial charge is 0.252 e. The minimum Gasteiger partial charge on any atom is -0.493 e. The van der Waals surface area contributed by atoms with Crippen LogP contribution in [0.4, 0.5) is 0 Å². The highest BCUT2D eigenvalue weighted by molar-refractivity contribution is 5.94. The van der Waals surface area contributed by atoms with Crippen LogP contribution in [0.15, 0.2) is 42.5 Å². The fraction of sp³-hybridized carbons (Fsp3) is 0.278. The number of carbonyl (C=O) groups excluding carboxylic acids is 1. The van der Waals surface area contributed by atoms with E-state index < -0.39 is 0 Å². The molecule has 23 heavy (non-hydrogen) atoms. The average Bonchev–Trinajstić information content (AvgIpc) is 3.00. The zero-order valence-corrected chi connectivity index (χ0v) is 13.3. The summed E-state index contributed by atoms with van der Waals surface area (Å²) in [6.45, 7) is 2.07. The van der Waals surface area contributed by atoms with Crippen LogP contribution in [-0.2, 0) is 13.1 Å². The van der Waals surface area contributed by atoms with Crippen molar-refractivity contribution < 1.29 is 14.3 Å². The topological polar surface area (TPSA) is 50.8 Å². The van der Waals surface area contributed by atoms with Crippen molar-refractivity contribution in [2.75, 3.05) is 20.9 Å². The molecule has 3 rings (SSSR count). The SMILES string of the molecule is COc1cc2c(cc1OC)CN(CNC(=O)c1ccccc1)C2. The Bertz CT molecular complexity index is 668. The van der Waals surface area contributed by atoms with Gasteiger partial charge in [0.15, 0.2) is 11.5 Å². The number of ether oxygens (including phenoxy) is 2. The first-order valence-corrected chi connectivity index (χ1v) is 7.50. The second kappa shape index (κ2) is 6.71. The standard InChI is InChI=1S/C18H20N2O3/c1-22-16-8-14-10-20(11-15(14)9-17(16)23-2)12-19-18(21)13-6-4-3-5-7-13/h3-9H,10-12H2,1-2H3,(H,19,21). The molecule has 5 heteroatoms. The maximum absolute atomic E-state index is 12.1. The Hall–Kier alpha value is -2.53. The van der Waals surface area contributed by atoms with Gasteiger partial charge >= 0.3 is 0 Å². The number of nitrogens with one attached hydrogen (secondary N) is 1. The zero-order chi connectivity index (χ0) is 16.2. The van der Waals surface area contributed by atoms with Crippen molar-refractivity contribution in [3.05, 3.63) is 59.2 Å². The summed E-state index contributed by atoms with van der Waals surface area (Å²) in [5.74, 6) is 1.42. The third-order valence-corrected chi connectivity index (χ3v) is 3.99. The second-order valence-electron chi connectivity index (χ2n) is 5.49. The number of amides is 1. The van der Waals surface area contributed by atoms with Crippen LogP contribution in [0.2, 0.25) is 0 Å². The van der Waals surface area contributed by atoms with Crippen LogP contribution < -0.4 is 14.8 Å². The average molecular weight is 312 g/mol. The van der Waals surface area contributed by atoms with Gasteiger partial charge in [-0.2, -0.15) is 0 Å². The summed E-state index contributed by atoms with van der Waals surface area (Å²) < 4.78 is 10.7. The first-order chi connectivity index (χ1) is 11.2. The first kappa shape index (κ1) is 15.4. The molecule has 0 atom stereocenters. The molecular formula is C18H20N2O3. The van der Waals surface area contributed by atoms with Crippen LogP contribution in [0.3, 0.4) is 0 Å². The van der Waals surface area contributed by atoms with Gasteiger partial charge in [0.25, 0.3) is 5.91 Å².